The minimum absolute atomic E-state index is 0.397. The lowest BCUT2D eigenvalue weighted by molar-refractivity contribution is -0.168. The number of ether oxygens (including phenoxy) is 5. The summed E-state index contributed by atoms with van der Waals surface area (Å²) in [6.07, 6.45) is -0.886. The molecule has 10 heteroatoms. The molecule has 0 aliphatic heterocycles. The van der Waals surface area contributed by atoms with Crippen LogP contribution in [-0.2, 0) is 38.1 Å². The first-order valence-corrected chi connectivity index (χ1v) is 9.55. The van der Waals surface area contributed by atoms with Gasteiger partial charge < -0.3 is 29.0 Å². The highest BCUT2D eigenvalue weighted by molar-refractivity contribution is 5.83. The van der Waals surface area contributed by atoms with Crippen LogP contribution in [0.4, 0.5) is 4.79 Å². The molecule has 0 bridgehead atoms. The number of alkyl carbamates (subject to hydrolysis) is 1. The van der Waals surface area contributed by atoms with Gasteiger partial charge in [-0.05, 0) is 62.3 Å². The summed E-state index contributed by atoms with van der Waals surface area (Å²) in [5.41, 5.74) is -2.23. The number of esters is 3. The normalized spacial score (nSPS) is 13.1. The van der Waals surface area contributed by atoms with E-state index in [1.165, 1.54) is 0 Å². The Morgan fingerprint density at radius 2 is 1.13 bits per heavy atom. The van der Waals surface area contributed by atoms with Gasteiger partial charge in [-0.2, -0.15) is 0 Å². The lowest BCUT2D eigenvalue weighted by Crippen LogP contribution is -2.47. The van der Waals surface area contributed by atoms with Crippen molar-refractivity contribution in [2.24, 2.45) is 0 Å². The minimum Gasteiger partial charge on any atom is -0.458 e. The number of carbonyl (C=O) groups excluding carboxylic acids is 4. The average molecular weight is 433 g/mol. The molecule has 0 radical (unpaired) electrons. The van der Waals surface area contributed by atoms with E-state index in [-0.39, 0.29) is 0 Å². The quantitative estimate of drug-likeness (QED) is 0.452. The van der Waals surface area contributed by atoms with Crippen LogP contribution in [-0.4, -0.2) is 66.7 Å². The highest BCUT2D eigenvalue weighted by Crippen LogP contribution is 2.09. The van der Waals surface area contributed by atoms with Gasteiger partial charge in [0.2, 0.25) is 0 Å². The number of hydrogen-bond acceptors (Lipinski definition) is 9. The van der Waals surface area contributed by atoms with E-state index in [9.17, 15) is 19.2 Å². The molecule has 0 saturated heterocycles. The van der Waals surface area contributed by atoms with Gasteiger partial charge in [-0.3, -0.25) is 0 Å². The first-order chi connectivity index (χ1) is 13.4. The van der Waals surface area contributed by atoms with Crippen LogP contribution in [0.3, 0.4) is 0 Å². The third-order valence-electron chi connectivity index (χ3n) is 2.65. The molecule has 0 aromatic heterocycles. The van der Waals surface area contributed by atoms with E-state index < -0.39 is 66.7 Å². The van der Waals surface area contributed by atoms with Crippen LogP contribution in [0.5, 0.6) is 0 Å². The summed E-state index contributed by atoms with van der Waals surface area (Å²) in [5, 5.41) is 2.30. The summed E-state index contributed by atoms with van der Waals surface area (Å²) in [4.78, 5) is 47.8. The van der Waals surface area contributed by atoms with Gasteiger partial charge >= 0.3 is 24.0 Å². The maximum Gasteiger partial charge on any atom is 0.408 e. The molecule has 30 heavy (non-hydrogen) atoms. The number of hydrogen-bond donors (Lipinski definition) is 1. The molecule has 174 valence electrons. The molecule has 0 unspecified atom stereocenters. The first kappa shape index (κ1) is 27.6. The Labute approximate surface area is 177 Å². The molecule has 0 heterocycles. The van der Waals surface area contributed by atoms with Gasteiger partial charge in [0.15, 0.2) is 12.6 Å². The van der Waals surface area contributed by atoms with Gasteiger partial charge in [-0.1, -0.05) is 0 Å². The zero-order valence-corrected chi connectivity index (χ0v) is 19.4. The zero-order valence-electron chi connectivity index (χ0n) is 19.4. The van der Waals surface area contributed by atoms with Crippen molar-refractivity contribution in [2.75, 3.05) is 19.8 Å². The van der Waals surface area contributed by atoms with Crippen LogP contribution < -0.4 is 5.32 Å². The molecule has 0 saturated carbocycles. The van der Waals surface area contributed by atoms with Crippen LogP contribution in [0.15, 0.2) is 0 Å². The Bertz CT molecular complexity index is 609. The molecule has 0 aliphatic carbocycles. The molecule has 0 fully saturated rings. The summed E-state index contributed by atoms with van der Waals surface area (Å²) in [5.74, 6) is -2.34. The summed E-state index contributed by atoms with van der Waals surface area (Å²) >= 11 is 0. The van der Waals surface area contributed by atoms with E-state index in [0.29, 0.717) is 0 Å². The van der Waals surface area contributed by atoms with Crippen LogP contribution in [0.2, 0.25) is 0 Å². The predicted octanol–water partition coefficient (Wildman–Crippen LogP) is 2.12. The molecule has 0 aromatic carbocycles. The summed E-state index contributed by atoms with van der Waals surface area (Å²) in [7, 11) is 0. The number of rotatable bonds is 8. The van der Waals surface area contributed by atoms with E-state index in [2.05, 4.69) is 5.32 Å². The highest BCUT2D eigenvalue weighted by Gasteiger charge is 2.28. The van der Waals surface area contributed by atoms with E-state index in [1.807, 2.05) is 0 Å². The third kappa shape index (κ3) is 15.5. The van der Waals surface area contributed by atoms with E-state index in [0.717, 1.165) is 0 Å². The minimum atomic E-state index is -1.32. The topological polar surface area (TPSA) is 126 Å². The molecule has 0 aromatic rings. The standard InChI is InChI=1S/C20H35NO9/c1-18(2,3)28-14(22)11-26-10-13(21-17(25)30-20(7,8)9)16(24)27-12-15(23)29-19(4,5)6/h13H,10-12H2,1-9H3,(H,21,25)/t13-/m0/s1. The van der Waals surface area contributed by atoms with E-state index in [4.69, 9.17) is 23.7 Å². The van der Waals surface area contributed by atoms with Crippen molar-refractivity contribution in [1.82, 2.24) is 5.32 Å². The van der Waals surface area contributed by atoms with Gasteiger partial charge in [0.1, 0.15) is 23.4 Å². The SMILES string of the molecule is CC(C)(C)OC(=O)COC[C@H](NC(=O)OC(C)(C)C)C(=O)OCC(=O)OC(C)(C)C. The largest absolute Gasteiger partial charge is 0.458 e. The van der Waals surface area contributed by atoms with Crippen molar-refractivity contribution in [2.45, 2.75) is 85.2 Å². The average Bonchev–Trinajstić information content (AvgIpc) is 2.46. The second-order valence-electron chi connectivity index (χ2n) is 9.49. The number of carbonyl (C=O) groups is 4. The van der Waals surface area contributed by atoms with Crippen molar-refractivity contribution in [1.29, 1.82) is 0 Å². The Morgan fingerprint density at radius 3 is 1.57 bits per heavy atom. The molecule has 0 rings (SSSR count). The maximum absolute atomic E-state index is 12.3. The van der Waals surface area contributed by atoms with Gasteiger partial charge in [-0.15, -0.1) is 0 Å². The molecule has 1 N–H and O–H groups in total. The number of nitrogens with one attached hydrogen (secondary N) is 1. The van der Waals surface area contributed by atoms with Crippen molar-refractivity contribution < 1.29 is 42.9 Å². The molecule has 1 amide bonds. The van der Waals surface area contributed by atoms with Crippen molar-refractivity contribution in [3.05, 3.63) is 0 Å². The molecular weight excluding hydrogens is 398 g/mol. The van der Waals surface area contributed by atoms with Crippen molar-refractivity contribution in [3.8, 4) is 0 Å². The summed E-state index contributed by atoms with van der Waals surface area (Å²) in [6, 6.07) is -1.32. The lowest BCUT2D eigenvalue weighted by atomic mass is 10.2. The van der Waals surface area contributed by atoms with Gasteiger partial charge in [-0.25, -0.2) is 19.2 Å². The lowest BCUT2D eigenvalue weighted by Gasteiger charge is -2.23. The van der Waals surface area contributed by atoms with E-state index in [1.54, 1.807) is 62.3 Å². The smallest absolute Gasteiger partial charge is 0.408 e. The van der Waals surface area contributed by atoms with Crippen LogP contribution in [0, 0.1) is 0 Å². The van der Waals surface area contributed by atoms with Gasteiger partial charge in [0, 0.05) is 0 Å². The predicted molar refractivity (Wildman–Crippen MR) is 107 cm³/mol. The fourth-order valence-corrected chi connectivity index (χ4v) is 1.85. The second kappa shape index (κ2) is 11.1. The highest BCUT2D eigenvalue weighted by atomic mass is 16.6. The molecular formula is C20H35NO9. The Hall–Kier alpha value is -2.36. The Balaban J connectivity index is 4.89. The van der Waals surface area contributed by atoms with Crippen LogP contribution in [0.25, 0.3) is 0 Å². The summed E-state index contributed by atoms with van der Waals surface area (Å²) < 4.78 is 25.3. The second-order valence-corrected chi connectivity index (χ2v) is 9.49. The van der Waals surface area contributed by atoms with Crippen molar-refractivity contribution >= 4 is 24.0 Å². The van der Waals surface area contributed by atoms with Gasteiger partial charge in [0.05, 0.1) is 6.61 Å². The van der Waals surface area contributed by atoms with Crippen LogP contribution >= 0.6 is 0 Å². The van der Waals surface area contributed by atoms with Gasteiger partial charge in [0.25, 0.3) is 0 Å². The fraction of sp³-hybridized carbons (Fsp3) is 0.800. The fourth-order valence-electron chi connectivity index (χ4n) is 1.85. The Kier molecular flexibility index (Phi) is 10.3. The molecule has 1 atom stereocenters. The molecule has 0 spiro atoms. The number of amides is 1. The molecule has 0 aliphatic rings. The van der Waals surface area contributed by atoms with Crippen LogP contribution in [0.1, 0.15) is 62.3 Å². The third-order valence-corrected chi connectivity index (χ3v) is 2.65. The summed E-state index contributed by atoms with van der Waals surface area (Å²) in [6.45, 7) is 13.6. The maximum atomic E-state index is 12.3. The Morgan fingerprint density at radius 1 is 0.700 bits per heavy atom. The van der Waals surface area contributed by atoms with E-state index >= 15 is 0 Å². The first-order valence-electron chi connectivity index (χ1n) is 9.55. The molecule has 10 nitrogen and oxygen atoms in total. The van der Waals surface area contributed by atoms with Crippen molar-refractivity contribution in [3.63, 3.8) is 0 Å². The zero-order chi connectivity index (χ0) is 23.8. The monoisotopic (exact) mass is 433 g/mol.